The first kappa shape index (κ1) is 10.5. The highest BCUT2D eigenvalue weighted by Gasteiger charge is 2.48. The zero-order chi connectivity index (χ0) is 11.3. The number of rotatable bonds is 0. The van der Waals surface area contributed by atoms with Crippen LogP contribution in [0.5, 0.6) is 0 Å². The molecule has 2 aliphatic carbocycles. The molecule has 3 nitrogen and oxygen atoms in total. The van der Waals surface area contributed by atoms with Crippen molar-refractivity contribution in [2.75, 3.05) is 0 Å². The average molecular weight is 222 g/mol. The van der Waals surface area contributed by atoms with E-state index in [9.17, 15) is 5.11 Å². The average Bonchev–Trinajstić information content (AvgIpc) is 2.21. The third kappa shape index (κ3) is 1.54. The Morgan fingerprint density at radius 2 is 1.81 bits per heavy atom. The molecule has 1 aliphatic heterocycles. The lowest BCUT2D eigenvalue weighted by atomic mass is 9.71. The van der Waals surface area contributed by atoms with Crippen molar-refractivity contribution in [2.45, 2.75) is 44.4 Å². The molecule has 0 bridgehead atoms. The molecule has 0 amide bonds. The number of aliphatic hydroxyl groups is 1. The lowest BCUT2D eigenvalue weighted by molar-refractivity contribution is -0.313. The fraction of sp³-hybridized carbons (Fsp3) is 0.692. The molecule has 88 valence electrons. The zero-order valence-electron chi connectivity index (χ0n) is 9.67. The van der Waals surface area contributed by atoms with Crippen LogP contribution in [-0.4, -0.2) is 29.2 Å². The largest absolute Gasteiger partial charge is 0.389 e. The second kappa shape index (κ2) is 3.42. The van der Waals surface area contributed by atoms with E-state index in [1.54, 1.807) is 0 Å². The van der Waals surface area contributed by atoms with Crippen molar-refractivity contribution >= 4 is 0 Å². The standard InChI is InChI=1S/C13H18O3/c1-13(2)15-10-5-3-4-8-9(14)6-7-11(16-13)12(8)10/h3,5-12,14H,4H2,1-2H3/t8?,9-,10-,11+,12?/m1/s1. The molecule has 0 radical (unpaired) electrons. The van der Waals surface area contributed by atoms with Crippen molar-refractivity contribution < 1.29 is 14.6 Å². The molecule has 1 heterocycles. The molecule has 0 spiro atoms. The predicted octanol–water partition coefficient (Wildman–Crippen LogP) is 1.63. The topological polar surface area (TPSA) is 38.7 Å². The molecule has 0 saturated carbocycles. The molecule has 0 aromatic carbocycles. The van der Waals surface area contributed by atoms with Gasteiger partial charge in [0, 0.05) is 11.8 Å². The van der Waals surface area contributed by atoms with Gasteiger partial charge in [0.25, 0.3) is 0 Å². The van der Waals surface area contributed by atoms with Gasteiger partial charge in [-0.05, 0) is 20.3 Å². The van der Waals surface area contributed by atoms with E-state index in [4.69, 9.17) is 9.47 Å². The van der Waals surface area contributed by atoms with Crippen LogP contribution in [0, 0.1) is 11.8 Å². The zero-order valence-corrected chi connectivity index (χ0v) is 9.67. The third-order valence-electron chi connectivity index (χ3n) is 3.76. The Bertz CT molecular complexity index is 345. The Hall–Kier alpha value is -0.640. The number of hydrogen-bond donors (Lipinski definition) is 1. The maximum Gasteiger partial charge on any atom is 0.164 e. The first-order chi connectivity index (χ1) is 7.57. The Balaban J connectivity index is 1.97. The van der Waals surface area contributed by atoms with Gasteiger partial charge in [-0.3, -0.25) is 0 Å². The summed E-state index contributed by atoms with van der Waals surface area (Å²) in [5.74, 6) is -0.0378. The van der Waals surface area contributed by atoms with Gasteiger partial charge in [-0.2, -0.15) is 0 Å². The summed E-state index contributed by atoms with van der Waals surface area (Å²) in [5.41, 5.74) is 0. The van der Waals surface area contributed by atoms with Crippen molar-refractivity contribution in [3.8, 4) is 0 Å². The van der Waals surface area contributed by atoms with Crippen LogP contribution < -0.4 is 0 Å². The van der Waals surface area contributed by atoms with E-state index < -0.39 is 5.79 Å². The lowest BCUT2D eigenvalue weighted by Crippen LogP contribution is -2.56. The van der Waals surface area contributed by atoms with Gasteiger partial charge in [0.2, 0.25) is 0 Å². The van der Waals surface area contributed by atoms with Gasteiger partial charge >= 0.3 is 0 Å². The summed E-state index contributed by atoms with van der Waals surface area (Å²) in [6, 6.07) is 0. The Kier molecular flexibility index (Phi) is 2.25. The van der Waals surface area contributed by atoms with Crippen LogP contribution in [-0.2, 0) is 9.47 Å². The van der Waals surface area contributed by atoms with Crippen LogP contribution in [0.15, 0.2) is 24.3 Å². The Labute approximate surface area is 95.7 Å². The van der Waals surface area contributed by atoms with E-state index in [0.717, 1.165) is 6.42 Å². The lowest BCUT2D eigenvalue weighted by Gasteiger charge is -2.50. The minimum Gasteiger partial charge on any atom is -0.389 e. The van der Waals surface area contributed by atoms with Crippen molar-refractivity contribution in [2.24, 2.45) is 11.8 Å². The van der Waals surface area contributed by atoms with Crippen LogP contribution in [0.25, 0.3) is 0 Å². The van der Waals surface area contributed by atoms with Crippen LogP contribution in [0.4, 0.5) is 0 Å². The van der Waals surface area contributed by atoms with Crippen LogP contribution in [0.2, 0.25) is 0 Å². The van der Waals surface area contributed by atoms with E-state index in [1.165, 1.54) is 0 Å². The van der Waals surface area contributed by atoms with E-state index in [-0.39, 0.29) is 30.1 Å². The van der Waals surface area contributed by atoms with E-state index in [1.807, 2.05) is 26.0 Å². The molecule has 1 saturated heterocycles. The van der Waals surface area contributed by atoms with Crippen LogP contribution in [0.3, 0.4) is 0 Å². The summed E-state index contributed by atoms with van der Waals surface area (Å²) in [4.78, 5) is 0. The Morgan fingerprint density at radius 1 is 1.12 bits per heavy atom. The van der Waals surface area contributed by atoms with Crippen LogP contribution in [0.1, 0.15) is 20.3 Å². The predicted molar refractivity (Wildman–Crippen MR) is 59.7 cm³/mol. The highest BCUT2D eigenvalue weighted by Crippen LogP contribution is 2.43. The molecular formula is C13H18O3. The van der Waals surface area contributed by atoms with Gasteiger partial charge in [0.05, 0.1) is 18.3 Å². The van der Waals surface area contributed by atoms with Gasteiger partial charge in [-0.1, -0.05) is 24.3 Å². The molecule has 3 aliphatic rings. The Morgan fingerprint density at radius 3 is 2.56 bits per heavy atom. The quantitative estimate of drug-likeness (QED) is 0.633. The maximum absolute atomic E-state index is 9.96. The van der Waals surface area contributed by atoms with Crippen molar-refractivity contribution in [3.63, 3.8) is 0 Å². The third-order valence-corrected chi connectivity index (χ3v) is 3.76. The summed E-state index contributed by atoms with van der Waals surface area (Å²) in [5, 5.41) is 9.96. The van der Waals surface area contributed by atoms with Crippen molar-refractivity contribution in [3.05, 3.63) is 24.3 Å². The molecule has 3 heteroatoms. The number of hydrogen-bond acceptors (Lipinski definition) is 3. The molecule has 1 fully saturated rings. The van der Waals surface area contributed by atoms with E-state index >= 15 is 0 Å². The van der Waals surface area contributed by atoms with Gasteiger partial charge in [-0.15, -0.1) is 0 Å². The summed E-state index contributed by atoms with van der Waals surface area (Å²) < 4.78 is 11.8. The highest BCUT2D eigenvalue weighted by molar-refractivity contribution is 5.17. The molecule has 0 aromatic heterocycles. The maximum atomic E-state index is 9.96. The first-order valence-electron chi connectivity index (χ1n) is 5.95. The molecule has 0 aromatic rings. The minimum absolute atomic E-state index is 0.0760. The summed E-state index contributed by atoms with van der Waals surface area (Å²) in [7, 11) is 0. The normalized spacial score (nSPS) is 48.8. The molecular weight excluding hydrogens is 204 g/mol. The van der Waals surface area contributed by atoms with Crippen molar-refractivity contribution in [1.82, 2.24) is 0 Å². The molecule has 2 unspecified atom stereocenters. The monoisotopic (exact) mass is 222 g/mol. The molecule has 3 rings (SSSR count). The fourth-order valence-corrected chi connectivity index (χ4v) is 3.11. The van der Waals surface area contributed by atoms with E-state index in [0.29, 0.717) is 0 Å². The SMILES string of the molecule is CC1(C)O[C@H]2C=C[C@@H](O)C3CC=C[C@@H](O1)C32. The van der Waals surface area contributed by atoms with Gasteiger partial charge in [0.1, 0.15) is 0 Å². The fourth-order valence-electron chi connectivity index (χ4n) is 3.11. The second-order valence-corrected chi connectivity index (χ2v) is 5.35. The molecule has 5 atom stereocenters. The summed E-state index contributed by atoms with van der Waals surface area (Å²) >= 11 is 0. The van der Waals surface area contributed by atoms with Gasteiger partial charge in [-0.25, -0.2) is 0 Å². The summed E-state index contributed by atoms with van der Waals surface area (Å²) in [6.45, 7) is 3.89. The number of aliphatic hydroxyl groups excluding tert-OH is 1. The van der Waals surface area contributed by atoms with E-state index in [2.05, 4.69) is 12.2 Å². The molecule has 1 N–H and O–H groups in total. The highest BCUT2D eigenvalue weighted by atomic mass is 16.7. The smallest absolute Gasteiger partial charge is 0.164 e. The van der Waals surface area contributed by atoms with Gasteiger partial charge < -0.3 is 14.6 Å². The number of allylic oxidation sites excluding steroid dienone is 1. The minimum atomic E-state index is -0.537. The van der Waals surface area contributed by atoms with Gasteiger partial charge in [0.15, 0.2) is 5.79 Å². The molecule has 16 heavy (non-hydrogen) atoms. The van der Waals surface area contributed by atoms with Crippen LogP contribution >= 0.6 is 0 Å². The summed E-state index contributed by atoms with van der Waals surface area (Å²) in [6.07, 6.45) is 8.79. The first-order valence-corrected chi connectivity index (χ1v) is 5.95. The second-order valence-electron chi connectivity index (χ2n) is 5.35. The number of ether oxygens (including phenoxy) is 2. The van der Waals surface area contributed by atoms with Crippen molar-refractivity contribution in [1.29, 1.82) is 0 Å².